The molecule has 0 N–H and O–H groups in total. The normalized spacial score (nSPS) is 14.4. The largest absolute Gasteiger partial charge is 0.470 e. The summed E-state index contributed by atoms with van der Waals surface area (Å²) in [7, 11) is 0. The van der Waals surface area contributed by atoms with Gasteiger partial charge in [0.2, 0.25) is 0 Å². The van der Waals surface area contributed by atoms with Crippen LogP contribution in [0.1, 0.15) is 11.1 Å². The molecule has 0 amide bonds. The number of piperazine rings is 1. The van der Waals surface area contributed by atoms with Crippen molar-refractivity contribution in [2.45, 2.75) is 13.2 Å². The molecule has 1 aliphatic heterocycles. The molecular weight excluding hydrogens is 453 g/mol. The van der Waals surface area contributed by atoms with Crippen LogP contribution >= 0.6 is 23.2 Å². The van der Waals surface area contributed by atoms with Crippen LogP contribution in [-0.2, 0) is 13.2 Å². The molecule has 1 saturated heterocycles. The summed E-state index contributed by atoms with van der Waals surface area (Å²) in [5, 5.41) is 11.8. The van der Waals surface area contributed by atoms with Crippen molar-refractivity contribution in [2.24, 2.45) is 0 Å². The first-order chi connectivity index (χ1) is 15.5. The van der Waals surface area contributed by atoms with E-state index in [9.17, 15) is 10.1 Å². The molecule has 0 radical (unpaired) electrons. The van der Waals surface area contributed by atoms with Gasteiger partial charge in [0.1, 0.15) is 6.61 Å². The molecule has 0 aliphatic carbocycles. The number of halogens is 2. The monoisotopic (exact) mass is 473 g/mol. The van der Waals surface area contributed by atoms with E-state index >= 15 is 0 Å². The van der Waals surface area contributed by atoms with Crippen molar-refractivity contribution >= 4 is 34.7 Å². The molecule has 0 unspecified atom stereocenters. The molecule has 166 valence electrons. The molecule has 2 aromatic carbocycles. The Hall–Kier alpha value is -2.94. The van der Waals surface area contributed by atoms with Crippen molar-refractivity contribution in [3.8, 4) is 5.88 Å². The maximum atomic E-state index is 10.8. The lowest BCUT2D eigenvalue weighted by molar-refractivity contribution is -0.384. The van der Waals surface area contributed by atoms with E-state index in [1.54, 1.807) is 36.7 Å². The van der Waals surface area contributed by atoms with Crippen LogP contribution in [0.4, 0.5) is 11.5 Å². The van der Waals surface area contributed by atoms with E-state index in [0.29, 0.717) is 28.3 Å². The van der Waals surface area contributed by atoms with Crippen molar-refractivity contribution in [2.75, 3.05) is 31.1 Å². The van der Waals surface area contributed by atoms with Gasteiger partial charge in [0.15, 0.2) is 5.82 Å². The summed E-state index contributed by atoms with van der Waals surface area (Å²) < 4.78 is 5.94. The second-order valence-corrected chi connectivity index (χ2v) is 8.22. The zero-order valence-electron chi connectivity index (χ0n) is 17.2. The molecule has 1 aromatic heterocycles. The molecule has 1 fully saturated rings. The van der Waals surface area contributed by atoms with Gasteiger partial charge in [0.25, 0.3) is 11.6 Å². The molecule has 2 heterocycles. The Labute approximate surface area is 195 Å². The molecule has 4 rings (SSSR count). The predicted molar refractivity (Wildman–Crippen MR) is 123 cm³/mol. The summed E-state index contributed by atoms with van der Waals surface area (Å²) in [6.07, 6.45) is 3.27. The molecule has 8 nitrogen and oxygen atoms in total. The minimum Gasteiger partial charge on any atom is -0.470 e. The van der Waals surface area contributed by atoms with Gasteiger partial charge in [-0.2, -0.15) is 0 Å². The maximum Gasteiger partial charge on any atom is 0.269 e. The summed E-state index contributed by atoms with van der Waals surface area (Å²) in [5.74, 6) is 1.19. The predicted octanol–water partition coefficient (Wildman–Crippen LogP) is 4.59. The smallest absolute Gasteiger partial charge is 0.269 e. The maximum absolute atomic E-state index is 10.8. The fraction of sp³-hybridized carbons (Fsp3) is 0.273. The average Bonchev–Trinajstić information content (AvgIpc) is 2.81. The van der Waals surface area contributed by atoms with Crippen molar-refractivity contribution < 1.29 is 9.66 Å². The van der Waals surface area contributed by atoms with Gasteiger partial charge >= 0.3 is 0 Å². The number of anilines is 1. The van der Waals surface area contributed by atoms with Crippen molar-refractivity contribution in [1.82, 2.24) is 14.9 Å². The van der Waals surface area contributed by atoms with Gasteiger partial charge in [-0.3, -0.25) is 15.0 Å². The average molecular weight is 474 g/mol. The van der Waals surface area contributed by atoms with Crippen molar-refractivity contribution in [1.29, 1.82) is 0 Å². The van der Waals surface area contributed by atoms with Crippen LogP contribution in [-0.4, -0.2) is 46.0 Å². The van der Waals surface area contributed by atoms with Gasteiger partial charge in [-0.15, -0.1) is 0 Å². The number of benzene rings is 2. The number of hydrogen-bond acceptors (Lipinski definition) is 7. The third-order valence-corrected chi connectivity index (χ3v) is 5.97. The van der Waals surface area contributed by atoms with E-state index in [2.05, 4.69) is 19.8 Å². The third-order valence-electron chi connectivity index (χ3n) is 5.23. The van der Waals surface area contributed by atoms with Crippen LogP contribution in [0.25, 0.3) is 0 Å². The quantitative estimate of drug-likeness (QED) is 0.366. The number of rotatable bonds is 7. The van der Waals surface area contributed by atoms with Crippen LogP contribution in [0.2, 0.25) is 10.0 Å². The molecule has 10 heteroatoms. The Morgan fingerprint density at radius 2 is 1.62 bits per heavy atom. The molecule has 0 atom stereocenters. The first-order valence-electron chi connectivity index (χ1n) is 10.1. The molecule has 0 bridgehead atoms. The van der Waals surface area contributed by atoms with Crippen molar-refractivity contribution in [3.05, 3.63) is 86.1 Å². The van der Waals surface area contributed by atoms with Crippen LogP contribution in [0.3, 0.4) is 0 Å². The SMILES string of the molecule is O=[N+]([O-])c1ccc(CN2CCN(c3nccnc3OCc3ccc(Cl)c(Cl)c3)CC2)cc1. The number of aromatic nitrogens is 2. The second-order valence-electron chi connectivity index (χ2n) is 7.41. The number of hydrogen-bond donors (Lipinski definition) is 0. The van der Waals surface area contributed by atoms with Crippen LogP contribution in [0.15, 0.2) is 54.9 Å². The van der Waals surface area contributed by atoms with Crippen molar-refractivity contribution in [3.63, 3.8) is 0 Å². The van der Waals surface area contributed by atoms with Gasteiger partial charge < -0.3 is 9.64 Å². The summed E-state index contributed by atoms with van der Waals surface area (Å²) in [6.45, 7) is 4.26. The van der Waals surface area contributed by atoms with Gasteiger partial charge in [-0.25, -0.2) is 9.97 Å². The van der Waals surface area contributed by atoms with Crippen LogP contribution in [0.5, 0.6) is 5.88 Å². The summed E-state index contributed by atoms with van der Waals surface area (Å²) in [4.78, 5) is 23.7. The lowest BCUT2D eigenvalue weighted by atomic mass is 10.2. The van der Waals surface area contributed by atoms with E-state index in [1.807, 2.05) is 18.2 Å². The highest BCUT2D eigenvalue weighted by Crippen LogP contribution is 2.27. The number of nitro groups is 1. The lowest BCUT2D eigenvalue weighted by Crippen LogP contribution is -2.46. The second kappa shape index (κ2) is 10.1. The van der Waals surface area contributed by atoms with Gasteiger partial charge in [-0.05, 0) is 23.3 Å². The number of nitro benzene ring substituents is 1. The van der Waals surface area contributed by atoms with E-state index in [4.69, 9.17) is 27.9 Å². The summed E-state index contributed by atoms with van der Waals surface area (Å²) >= 11 is 12.1. The summed E-state index contributed by atoms with van der Waals surface area (Å²) in [5.41, 5.74) is 2.05. The van der Waals surface area contributed by atoms with Gasteiger partial charge in [0.05, 0.1) is 15.0 Å². The van der Waals surface area contributed by atoms with E-state index < -0.39 is 0 Å². The molecule has 0 spiro atoms. The first-order valence-corrected chi connectivity index (χ1v) is 10.8. The Balaban J connectivity index is 1.35. The van der Waals surface area contributed by atoms with Gasteiger partial charge in [0, 0.05) is 57.3 Å². The molecule has 32 heavy (non-hydrogen) atoms. The van der Waals surface area contributed by atoms with Crippen LogP contribution in [0, 0.1) is 10.1 Å². The molecule has 0 saturated carbocycles. The Morgan fingerprint density at radius 3 is 2.31 bits per heavy atom. The standard InChI is InChI=1S/C22H21Cl2N5O3/c23-19-6-3-17(13-20(19)24)15-32-22-21(25-7-8-26-22)28-11-9-27(10-12-28)14-16-1-4-18(5-2-16)29(30)31/h1-8,13H,9-12,14-15H2. The first kappa shape index (κ1) is 22.3. The minimum absolute atomic E-state index is 0.106. The Bertz CT molecular complexity index is 1090. The summed E-state index contributed by atoms with van der Waals surface area (Å²) in [6, 6.07) is 12.1. The third kappa shape index (κ3) is 5.45. The van der Waals surface area contributed by atoms with E-state index in [1.165, 1.54) is 0 Å². The highest BCUT2D eigenvalue weighted by atomic mass is 35.5. The minimum atomic E-state index is -0.384. The highest BCUT2D eigenvalue weighted by molar-refractivity contribution is 6.42. The fourth-order valence-corrected chi connectivity index (χ4v) is 3.84. The number of nitrogens with zero attached hydrogens (tertiary/aromatic N) is 5. The highest BCUT2D eigenvalue weighted by Gasteiger charge is 2.22. The number of ether oxygens (including phenoxy) is 1. The zero-order chi connectivity index (χ0) is 22.5. The molecular formula is C22H21Cl2N5O3. The topological polar surface area (TPSA) is 84.6 Å². The van der Waals surface area contributed by atoms with Crippen LogP contribution < -0.4 is 9.64 Å². The lowest BCUT2D eigenvalue weighted by Gasteiger charge is -2.35. The molecule has 3 aromatic rings. The Morgan fingerprint density at radius 1 is 0.938 bits per heavy atom. The van der Waals surface area contributed by atoms with E-state index in [-0.39, 0.29) is 10.6 Å². The Kier molecular flexibility index (Phi) is 7.04. The number of non-ortho nitro benzene ring substituents is 1. The van der Waals surface area contributed by atoms with E-state index in [0.717, 1.165) is 43.9 Å². The zero-order valence-corrected chi connectivity index (χ0v) is 18.7. The molecule has 1 aliphatic rings. The fourth-order valence-electron chi connectivity index (χ4n) is 3.52. The van der Waals surface area contributed by atoms with Gasteiger partial charge in [-0.1, -0.05) is 41.4 Å².